The summed E-state index contributed by atoms with van der Waals surface area (Å²) < 4.78 is 0. The molecular formula is C20H26N6O2. The first kappa shape index (κ1) is 18.5. The van der Waals surface area contributed by atoms with Gasteiger partial charge < -0.3 is 20.2 Å². The van der Waals surface area contributed by atoms with Crippen LogP contribution in [-0.2, 0) is 0 Å². The van der Waals surface area contributed by atoms with Crippen LogP contribution in [0.25, 0.3) is 0 Å². The summed E-state index contributed by atoms with van der Waals surface area (Å²) in [7, 11) is 0. The van der Waals surface area contributed by atoms with E-state index in [1.165, 1.54) is 12.8 Å². The summed E-state index contributed by atoms with van der Waals surface area (Å²) in [5.41, 5.74) is 0.881. The number of carboxylic acid groups (broad SMARTS) is 1. The second-order valence-electron chi connectivity index (χ2n) is 7.37. The normalized spacial score (nSPS) is 17.4. The third-order valence-corrected chi connectivity index (χ3v) is 5.26. The van der Waals surface area contributed by atoms with Crippen molar-refractivity contribution in [3.63, 3.8) is 0 Å². The number of piperidine rings is 2. The van der Waals surface area contributed by atoms with Gasteiger partial charge in [-0.1, -0.05) is 6.07 Å². The molecule has 2 aromatic rings. The van der Waals surface area contributed by atoms with E-state index in [0.29, 0.717) is 23.5 Å². The van der Waals surface area contributed by atoms with Gasteiger partial charge >= 0.3 is 5.97 Å². The van der Waals surface area contributed by atoms with Gasteiger partial charge in [0.2, 0.25) is 17.8 Å². The molecule has 8 nitrogen and oxygen atoms in total. The second kappa shape index (κ2) is 8.41. The van der Waals surface area contributed by atoms with Gasteiger partial charge in [-0.3, -0.25) is 0 Å². The second-order valence-corrected chi connectivity index (χ2v) is 7.37. The molecule has 0 unspecified atom stereocenters. The van der Waals surface area contributed by atoms with Gasteiger partial charge in [-0.2, -0.15) is 15.0 Å². The number of nitrogens with one attached hydrogen (secondary N) is 1. The van der Waals surface area contributed by atoms with Gasteiger partial charge in [0, 0.05) is 31.9 Å². The predicted octanol–water partition coefficient (Wildman–Crippen LogP) is 3.29. The van der Waals surface area contributed by atoms with Gasteiger partial charge in [0.15, 0.2) is 0 Å². The summed E-state index contributed by atoms with van der Waals surface area (Å²) in [4.78, 5) is 29.7. The number of anilines is 4. The number of aromatic nitrogens is 3. The lowest BCUT2D eigenvalue weighted by molar-refractivity contribution is 0.0697. The molecule has 2 N–H and O–H groups in total. The Hall–Kier alpha value is -2.90. The summed E-state index contributed by atoms with van der Waals surface area (Å²) >= 11 is 0. The van der Waals surface area contributed by atoms with Crippen molar-refractivity contribution in [1.29, 1.82) is 0 Å². The zero-order valence-corrected chi connectivity index (χ0v) is 16.0. The van der Waals surface area contributed by atoms with Crippen molar-refractivity contribution in [3.8, 4) is 0 Å². The minimum atomic E-state index is -0.956. The van der Waals surface area contributed by atoms with Crippen LogP contribution in [-0.4, -0.2) is 52.2 Å². The minimum absolute atomic E-state index is 0.228. The zero-order chi connectivity index (χ0) is 19.3. The number of hydrogen-bond donors (Lipinski definition) is 2. The van der Waals surface area contributed by atoms with Crippen LogP contribution in [0.3, 0.4) is 0 Å². The van der Waals surface area contributed by atoms with Gasteiger partial charge in [-0.25, -0.2) is 4.79 Å². The Morgan fingerprint density at radius 3 is 1.96 bits per heavy atom. The average Bonchev–Trinajstić information content (AvgIpc) is 2.75. The highest BCUT2D eigenvalue weighted by Crippen LogP contribution is 2.24. The van der Waals surface area contributed by atoms with Crippen LogP contribution in [0.15, 0.2) is 24.3 Å². The van der Waals surface area contributed by atoms with Crippen molar-refractivity contribution >= 4 is 29.5 Å². The molecule has 0 spiro atoms. The third-order valence-electron chi connectivity index (χ3n) is 5.26. The molecule has 8 heteroatoms. The topological polar surface area (TPSA) is 94.5 Å². The highest BCUT2D eigenvalue weighted by molar-refractivity contribution is 5.89. The van der Waals surface area contributed by atoms with Crippen LogP contribution >= 0.6 is 0 Å². The number of nitrogens with zero attached hydrogens (tertiary/aromatic N) is 5. The first-order chi connectivity index (χ1) is 13.7. The van der Waals surface area contributed by atoms with E-state index < -0.39 is 5.97 Å². The van der Waals surface area contributed by atoms with Gasteiger partial charge in [0.1, 0.15) is 0 Å². The molecule has 0 saturated carbocycles. The Bertz CT molecular complexity index is 795. The molecule has 148 valence electrons. The maximum atomic E-state index is 11.2. The minimum Gasteiger partial charge on any atom is -0.478 e. The van der Waals surface area contributed by atoms with E-state index in [9.17, 15) is 9.90 Å². The summed E-state index contributed by atoms with van der Waals surface area (Å²) in [5.74, 6) is 0.903. The Balaban J connectivity index is 1.64. The molecule has 0 amide bonds. The van der Waals surface area contributed by atoms with Crippen LogP contribution in [0.5, 0.6) is 0 Å². The molecule has 0 aliphatic carbocycles. The molecule has 2 saturated heterocycles. The molecule has 28 heavy (non-hydrogen) atoms. The molecule has 2 fully saturated rings. The first-order valence-corrected chi connectivity index (χ1v) is 10.1. The number of aromatic carboxylic acids is 1. The van der Waals surface area contributed by atoms with Crippen molar-refractivity contribution < 1.29 is 9.90 Å². The largest absolute Gasteiger partial charge is 0.478 e. The van der Waals surface area contributed by atoms with Crippen LogP contribution < -0.4 is 15.1 Å². The Morgan fingerprint density at radius 1 is 0.857 bits per heavy atom. The number of hydrogen-bond acceptors (Lipinski definition) is 7. The maximum Gasteiger partial charge on any atom is 0.335 e. The molecule has 2 aliphatic heterocycles. The van der Waals surface area contributed by atoms with Gasteiger partial charge in [-0.05, 0) is 56.7 Å². The molecule has 1 aromatic carbocycles. The highest BCUT2D eigenvalue weighted by atomic mass is 16.4. The lowest BCUT2D eigenvalue weighted by atomic mass is 10.1. The monoisotopic (exact) mass is 382 g/mol. The molecule has 1 aromatic heterocycles. The number of carbonyl (C=O) groups is 1. The first-order valence-electron chi connectivity index (χ1n) is 10.1. The van der Waals surface area contributed by atoms with E-state index in [4.69, 9.17) is 4.98 Å². The summed E-state index contributed by atoms with van der Waals surface area (Å²) in [6.45, 7) is 3.82. The third kappa shape index (κ3) is 4.32. The number of carboxylic acids is 1. The number of benzene rings is 1. The summed E-state index contributed by atoms with van der Waals surface area (Å²) in [6, 6.07) is 6.69. The van der Waals surface area contributed by atoms with E-state index in [2.05, 4.69) is 25.1 Å². The Kier molecular flexibility index (Phi) is 5.55. The van der Waals surface area contributed by atoms with E-state index in [1.807, 2.05) is 6.07 Å². The molecule has 0 radical (unpaired) electrons. The zero-order valence-electron chi connectivity index (χ0n) is 16.0. The predicted molar refractivity (Wildman–Crippen MR) is 109 cm³/mol. The fourth-order valence-electron chi connectivity index (χ4n) is 3.74. The van der Waals surface area contributed by atoms with E-state index >= 15 is 0 Å². The standard InChI is InChI=1S/C20H26N6O2/c27-17(28)15-8-7-9-16(14-15)21-18-22-19(25-10-3-1-4-11-25)24-20(23-18)26-12-5-2-6-13-26/h7-9,14H,1-6,10-13H2,(H,27,28)(H,21,22,23,24). The van der Waals surface area contributed by atoms with Gasteiger partial charge in [-0.15, -0.1) is 0 Å². The summed E-state index contributed by atoms with van der Waals surface area (Å²) in [6.07, 6.45) is 7.08. The van der Waals surface area contributed by atoms with Crippen molar-refractivity contribution in [3.05, 3.63) is 29.8 Å². The molecule has 2 aliphatic rings. The van der Waals surface area contributed by atoms with Crippen LogP contribution in [0.4, 0.5) is 23.5 Å². The number of rotatable bonds is 5. The van der Waals surface area contributed by atoms with Gasteiger partial charge in [0.05, 0.1) is 5.56 Å². The molecule has 0 bridgehead atoms. The van der Waals surface area contributed by atoms with Crippen LogP contribution in [0, 0.1) is 0 Å². The molecule has 3 heterocycles. The Morgan fingerprint density at radius 2 is 1.43 bits per heavy atom. The van der Waals surface area contributed by atoms with E-state index in [-0.39, 0.29) is 5.56 Å². The average molecular weight is 382 g/mol. The smallest absolute Gasteiger partial charge is 0.335 e. The lowest BCUT2D eigenvalue weighted by Gasteiger charge is -2.30. The SMILES string of the molecule is O=C(O)c1cccc(Nc2nc(N3CCCCC3)nc(N3CCCCC3)n2)c1. The lowest BCUT2D eigenvalue weighted by Crippen LogP contribution is -2.34. The Labute approximate surface area is 164 Å². The van der Waals surface area contributed by atoms with Crippen LogP contribution in [0.2, 0.25) is 0 Å². The summed E-state index contributed by atoms with van der Waals surface area (Å²) in [5, 5.41) is 12.4. The molecule has 0 atom stereocenters. The molecule has 4 rings (SSSR count). The van der Waals surface area contributed by atoms with Crippen molar-refractivity contribution in [1.82, 2.24) is 15.0 Å². The maximum absolute atomic E-state index is 11.2. The fraction of sp³-hybridized carbons (Fsp3) is 0.500. The quantitative estimate of drug-likeness (QED) is 0.813. The fourth-order valence-corrected chi connectivity index (χ4v) is 3.74. The highest BCUT2D eigenvalue weighted by Gasteiger charge is 2.20. The van der Waals surface area contributed by atoms with Crippen molar-refractivity contribution in [2.45, 2.75) is 38.5 Å². The van der Waals surface area contributed by atoms with Crippen molar-refractivity contribution in [2.24, 2.45) is 0 Å². The van der Waals surface area contributed by atoms with Gasteiger partial charge in [0.25, 0.3) is 0 Å². The van der Waals surface area contributed by atoms with E-state index in [1.54, 1.807) is 18.2 Å². The van der Waals surface area contributed by atoms with Crippen molar-refractivity contribution in [2.75, 3.05) is 41.3 Å². The van der Waals surface area contributed by atoms with Crippen LogP contribution in [0.1, 0.15) is 48.9 Å². The molecular weight excluding hydrogens is 356 g/mol. The van der Waals surface area contributed by atoms with E-state index in [0.717, 1.165) is 51.9 Å².